The van der Waals surface area contributed by atoms with Crippen molar-refractivity contribution in [3.05, 3.63) is 56.5 Å². The minimum atomic E-state index is -0.427. The minimum Gasteiger partial charge on any atom is -0.299 e. The lowest BCUT2D eigenvalue weighted by Gasteiger charge is -2.30. The Labute approximate surface area is 188 Å². The molecule has 0 bridgehead atoms. The van der Waals surface area contributed by atoms with Crippen molar-refractivity contribution >= 4 is 67.4 Å². The zero-order valence-electron chi connectivity index (χ0n) is 15.8. The van der Waals surface area contributed by atoms with Crippen LogP contribution in [0.3, 0.4) is 0 Å². The first kappa shape index (κ1) is 20.9. The van der Waals surface area contributed by atoms with Gasteiger partial charge in [-0.05, 0) is 61.7 Å². The molecule has 1 aliphatic rings. The van der Waals surface area contributed by atoms with Gasteiger partial charge in [0.1, 0.15) is 0 Å². The van der Waals surface area contributed by atoms with Crippen molar-refractivity contribution in [1.29, 1.82) is 0 Å². The molecule has 0 radical (unpaired) electrons. The number of nitrogens with zero attached hydrogens (tertiary/aromatic N) is 2. The van der Waals surface area contributed by atoms with E-state index in [9.17, 15) is 4.79 Å². The second kappa shape index (κ2) is 8.78. The smallest absolute Gasteiger partial charge is 0.260 e. The second-order valence-corrected chi connectivity index (χ2v) is 9.68. The van der Waals surface area contributed by atoms with Gasteiger partial charge in [-0.2, -0.15) is 0 Å². The number of nitrogens with one attached hydrogen (secondary N) is 1. The molecule has 2 heterocycles. The van der Waals surface area contributed by atoms with Crippen LogP contribution in [-0.2, 0) is 6.54 Å². The largest absolute Gasteiger partial charge is 0.299 e. The SMILES string of the molecule is CC1CCN(Cc2ccc3nc(NC(=O)c4c(Cl)ccc(Cl)c4Cl)sc3c2)CC1. The van der Waals surface area contributed by atoms with Crippen molar-refractivity contribution in [2.45, 2.75) is 26.3 Å². The van der Waals surface area contributed by atoms with Gasteiger partial charge in [-0.1, -0.05) is 59.1 Å². The van der Waals surface area contributed by atoms with Gasteiger partial charge in [0.2, 0.25) is 0 Å². The van der Waals surface area contributed by atoms with Crippen molar-refractivity contribution < 1.29 is 4.79 Å². The molecule has 0 saturated carbocycles. The molecule has 1 N–H and O–H groups in total. The number of hydrogen-bond donors (Lipinski definition) is 1. The molecule has 1 amide bonds. The van der Waals surface area contributed by atoms with E-state index in [1.165, 1.54) is 29.7 Å². The number of carbonyl (C=O) groups excluding carboxylic acids is 1. The fourth-order valence-corrected chi connectivity index (χ4v) is 5.12. The fourth-order valence-electron chi connectivity index (χ4n) is 3.49. The van der Waals surface area contributed by atoms with E-state index in [-0.39, 0.29) is 20.6 Å². The van der Waals surface area contributed by atoms with E-state index in [4.69, 9.17) is 34.8 Å². The number of hydrogen-bond acceptors (Lipinski definition) is 4. The molecule has 1 aromatic heterocycles. The number of amides is 1. The van der Waals surface area contributed by atoms with Gasteiger partial charge in [-0.3, -0.25) is 15.0 Å². The van der Waals surface area contributed by atoms with Crippen molar-refractivity contribution in [3.8, 4) is 0 Å². The Balaban J connectivity index is 1.51. The van der Waals surface area contributed by atoms with Gasteiger partial charge in [0.15, 0.2) is 5.13 Å². The van der Waals surface area contributed by atoms with E-state index in [0.717, 1.165) is 35.8 Å². The number of aromatic nitrogens is 1. The number of carbonyl (C=O) groups is 1. The highest BCUT2D eigenvalue weighted by molar-refractivity contribution is 7.22. The van der Waals surface area contributed by atoms with Crippen molar-refractivity contribution in [3.63, 3.8) is 0 Å². The van der Waals surface area contributed by atoms with Crippen LogP contribution in [-0.4, -0.2) is 28.9 Å². The minimum absolute atomic E-state index is 0.135. The van der Waals surface area contributed by atoms with E-state index in [1.807, 2.05) is 6.07 Å². The summed E-state index contributed by atoms with van der Waals surface area (Å²) >= 11 is 19.7. The maximum absolute atomic E-state index is 12.7. The Kier molecular flexibility index (Phi) is 6.32. The van der Waals surface area contributed by atoms with Gasteiger partial charge in [-0.15, -0.1) is 0 Å². The highest BCUT2D eigenvalue weighted by Gasteiger charge is 2.19. The van der Waals surface area contributed by atoms with E-state index in [2.05, 4.69) is 34.3 Å². The van der Waals surface area contributed by atoms with Crippen molar-refractivity contribution in [2.75, 3.05) is 18.4 Å². The lowest BCUT2D eigenvalue weighted by Crippen LogP contribution is -2.32. The molecule has 4 rings (SSSR count). The summed E-state index contributed by atoms with van der Waals surface area (Å²) in [6, 6.07) is 9.38. The first-order valence-electron chi connectivity index (χ1n) is 9.47. The van der Waals surface area contributed by atoms with Crippen LogP contribution in [0.25, 0.3) is 10.2 Å². The van der Waals surface area contributed by atoms with Gasteiger partial charge in [0.25, 0.3) is 5.91 Å². The molecule has 0 unspecified atom stereocenters. The van der Waals surface area contributed by atoms with Crippen molar-refractivity contribution in [2.24, 2.45) is 5.92 Å². The summed E-state index contributed by atoms with van der Waals surface area (Å²) in [6.45, 7) is 5.55. The number of piperidine rings is 1. The summed E-state index contributed by atoms with van der Waals surface area (Å²) in [5.74, 6) is 0.395. The Morgan fingerprint density at radius 3 is 2.66 bits per heavy atom. The predicted octanol–water partition coefficient (Wildman–Crippen LogP) is 6.74. The van der Waals surface area contributed by atoms with Gasteiger partial charge in [0, 0.05) is 6.54 Å². The number of fused-ring (bicyclic) bond motifs is 1. The molecule has 2 aromatic carbocycles. The standard InChI is InChI=1S/C21H20Cl3N3OS/c1-12-6-8-27(9-7-12)11-13-2-5-16-17(10-13)29-21(25-16)26-20(28)18-14(22)3-4-15(23)19(18)24/h2-5,10,12H,6-9,11H2,1H3,(H,25,26,28). The summed E-state index contributed by atoms with van der Waals surface area (Å²) in [7, 11) is 0. The zero-order valence-corrected chi connectivity index (χ0v) is 18.9. The Bertz CT molecular complexity index is 1060. The zero-order chi connectivity index (χ0) is 20.5. The maximum Gasteiger partial charge on any atom is 0.260 e. The van der Waals surface area contributed by atoms with Crippen LogP contribution in [0.2, 0.25) is 15.1 Å². The molecule has 4 nitrogen and oxygen atoms in total. The number of benzene rings is 2. The summed E-state index contributed by atoms with van der Waals surface area (Å²) < 4.78 is 1.03. The quantitative estimate of drug-likeness (QED) is 0.431. The molecule has 1 fully saturated rings. The molecule has 8 heteroatoms. The monoisotopic (exact) mass is 467 g/mol. The lowest BCUT2D eigenvalue weighted by atomic mass is 9.99. The topological polar surface area (TPSA) is 45.2 Å². The molecule has 0 atom stereocenters. The summed E-state index contributed by atoms with van der Waals surface area (Å²) in [5, 5.41) is 3.96. The van der Waals surface area contributed by atoms with Crippen LogP contribution in [0.1, 0.15) is 35.7 Å². The third kappa shape index (κ3) is 4.70. The molecule has 1 saturated heterocycles. The molecule has 152 valence electrons. The first-order valence-corrected chi connectivity index (χ1v) is 11.4. The van der Waals surface area contributed by atoms with Gasteiger partial charge in [0.05, 0.1) is 30.8 Å². The third-order valence-corrected chi connectivity index (χ3v) is 7.28. The average Bonchev–Trinajstić information content (AvgIpc) is 3.08. The van der Waals surface area contributed by atoms with Gasteiger partial charge < -0.3 is 0 Å². The average molecular weight is 469 g/mol. The van der Waals surface area contributed by atoms with E-state index >= 15 is 0 Å². The number of rotatable bonds is 4. The highest BCUT2D eigenvalue weighted by atomic mass is 35.5. The third-order valence-electron chi connectivity index (χ3n) is 5.23. The Morgan fingerprint density at radius 2 is 1.90 bits per heavy atom. The fraction of sp³-hybridized carbons (Fsp3) is 0.333. The number of halogens is 3. The van der Waals surface area contributed by atoms with E-state index in [1.54, 1.807) is 12.1 Å². The lowest BCUT2D eigenvalue weighted by molar-refractivity contribution is 0.102. The number of thiazole rings is 1. The van der Waals surface area contributed by atoms with Crippen LogP contribution in [0.4, 0.5) is 5.13 Å². The van der Waals surface area contributed by atoms with Crippen LogP contribution in [0.15, 0.2) is 30.3 Å². The van der Waals surface area contributed by atoms with Gasteiger partial charge >= 0.3 is 0 Å². The molecular formula is C21H20Cl3N3OS. The summed E-state index contributed by atoms with van der Waals surface area (Å²) in [4.78, 5) is 19.7. The first-order chi connectivity index (χ1) is 13.9. The van der Waals surface area contributed by atoms with E-state index < -0.39 is 5.91 Å². The normalized spacial score (nSPS) is 15.7. The van der Waals surface area contributed by atoms with Crippen LogP contribution >= 0.6 is 46.1 Å². The predicted molar refractivity (Wildman–Crippen MR) is 123 cm³/mol. The maximum atomic E-state index is 12.7. The Hall–Kier alpha value is -1.37. The van der Waals surface area contributed by atoms with Gasteiger partial charge in [-0.25, -0.2) is 4.98 Å². The molecule has 3 aromatic rings. The highest BCUT2D eigenvalue weighted by Crippen LogP contribution is 2.33. The Morgan fingerprint density at radius 1 is 1.17 bits per heavy atom. The number of anilines is 1. The summed E-state index contributed by atoms with van der Waals surface area (Å²) in [6.07, 6.45) is 2.52. The summed E-state index contributed by atoms with van der Waals surface area (Å²) in [5.41, 5.74) is 2.26. The molecule has 0 aliphatic carbocycles. The molecule has 1 aliphatic heterocycles. The molecule has 29 heavy (non-hydrogen) atoms. The van der Waals surface area contributed by atoms with Crippen LogP contribution in [0.5, 0.6) is 0 Å². The van der Waals surface area contributed by atoms with E-state index in [0.29, 0.717) is 5.13 Å². The number of likely N-dealkylation sites (tertiary alicyclic amines) is 1. The molecular weight excluding hydrogens is 449 g/mol. The van der Waals surface area contributed by atoms with Crippen molar-refractivity contribution in [1.82, 2.24) is 9.88 Å². The second-order valence-electron chi connectivity index (χ2n) is 7.45. The molecule has 0 spiro atoms. The van der Waals surface area contributed by atoms with Crippen LogP contribution in [0, 0.1) is 5.92 Å². The van der Waals surface area contributed by atoms with Crippen LogP contribution < -0.4 is 5.32 Å².